The maximum absolute atomic E-state index is 14.9. The molecule has 0 aliphatic carbocycles. The minimum absolute atomic E-state index is 0.0333. The van der Waals surface area contributed by atoms with Crippen molar-refractivity contribution in [3.8, 4) is 0 Å². The lowest BCUT2D eigenvalue weighted by Crippen LogP contribution is -2.53. The normalized spacial score (nSPS) is 14.1. The molecule has 0 spiro atoms. The van der Waals surface area contributed by atoms with Gasteiger partial charge in [0.05, 0.1) is 23.3 Å². The Balaban J connectivity index is 1.69. The smallest absolute Gasteiger partial charge is 0.322 e. The number of fused-ring (bicyclic) bond motifs is 1. The number of rotatable bonds is 6. The first-order chi connectivity index (χ1) is 17.8. The molecule has 0 saturated carbocycles. The Kier molecular flexibility index (Phi) is 6.83. The van der Waals surface area contributed by atoms with Crippen LogP contribution in [0.3, 0.4) is 0 Å². The van der Waals surface area contributed by atoms with Gasteiger partial charge < -0.3 is 16.4 Å². The lowest BCUT2D eigenvalue weighted by molar-refractivity contribution is 0.0948. The Hall–Kier alpha value is -4.48. The fourth-order valence-corrected chi connectivity index (χ4v) is 4.20. The van der Waals surface area contributed by atoms with E-state index >= 15 is 0 Å². The van der Waals surface area contributed by atoms with E-state index in [0.29, 0.717) is 17.7 Å². The molecule has 0 saturated heterocycles. The van der Waals surface area contributed by atoms with Crippen LogP contribution in [0.25, 0.3) is 0 Å². The van der Waals surface area contributed by atoms with Crippen molar-refractivity contribution in [3.05, 3.63) is 99.4 Å². The molecule has 0 radical (unpaired) electrons. The summed E-state index contributed by atoms with van der Waals surface area (Å²) in [6.45, 7) is 2.11. The van der Waals surface area contributed by atoms with E-state index in [-0.39, 0.29) is 11.3 Å². The van der Waals surface area contributed by atoms with Crippen LogP contribution in [-0.2, 0) is 18.6 Å². The minimum atomic E-state index is -1.23. The number of carbonyl (C=O) groups excluding carboxylic acids is 3. The summed E-state index contributed by atoms with van der Waals surface area (Å²) in [7, 11) is 0. The molecule has 4 N–H and O–H groups in total. The summed E-state index contributed by atoms with van der Waals surface area (Å²) in [5, 5.41) is 5.03. The summed E-state index contributed by atoms with van der Waals surface area (Å²) in [5.74, 6) is -7.63. The molecule has 3 aromatic carbocycles. The second-order valence-electron chi connectivity index (χ2n) is 9.16. The van der Waals surface area contributed by atoms with Crippen LogP contribution in [0.1, 0.15) is 51.3 Å². The molecule has 0 fully saturated rings. The zero-order valence-corrected chi connectivity index (χ0v) is 20.1. The largest absolute Gasteiger partial charge is 0.366 e. The molecule has 4 rings (SSSR count). The highest BCUT2D eigenvalue weighted by molar-refractivity contribution is 6.00. The van der Waals surface area contributed by atoms with Crippen LogP contribution in [0.2, 0.25) is 0 Å². The number of nitrogens with zero attached hydrogens (tertiary/aromatic N) is 1. The molecular weight excluding hydrogens is 511 g/mol. The Labute approximate surface area is 213 Å². The van der Waals surface area contributed by atoms with Gasteiger partial charge in [0.25, 0.3) is 11.8 Å². The van der Waals surface area contributed by atoms with Gasteiger partial charge in [0.1, 0.15) is 29.1 Å². The quantitative estimate of drug-likeness (QED) is 0.411. The predicted octanol–water partition coefficient (Wildman–Crippen LogP) is 4.38. The van der Waals surface area contributed by atoms with Crippen LogP contribution in [0.4, 0.5) is 32.4 Å². The van der Waals surface area contributed by atoms with Crippen molar-refractivity contribution in [2.75, 3.05) is 4.90 Å². The molecule has 12 heteroatoms. The van der Waals surface area contributed by atoms with Crippen molar-refractivity contribution in [2.24, 2.45) is 5.73 Å². The topological polar surface area (TPSA) is 105 Å². The van der Waals surface area contributed by atoms with Gasteiger partial charge in [-0.15, -0.1) is 0 Å². The number of nitrogens with one attached hydrogen (secondary N) is 2. The summed E-state index contributed by atoms with van der Waals surface area (Å²) in [6.07, 6.45) is 0. The van der Waals surface area contributed by atoms with Crippen molar-refractivity contribution < 1.29 is 36.3 Å². The number of primary amides is 1. The molecule has 38 heavy (non-hydrogen) atoms. The Bertz CT molecular complexity index is 1470. The van der Waals surface area contributed by atoms with Crippen LogP contribution < -0.4 is 21.3 Å². The van der Waals surface area contributed by atoms with Crippen LogP contribution >= 0.6 is 0 Å². The monoisotopic (exact) mass is 532 g/mol. The molecule has 7 nitrogen and oxygen atoms in total. The molecule has 0 bridgehead atoms. The molecule has 0 aromatic heterocycles. The van der Waals surface area contributed by atoms with E-state index in [1.165, 1.54) is 18.2 Å². The summed E-state index contributed by atoms with van der Waals surface area (Å²) in [6, 6.07) is 6.16. The standard InChI is InChI=1S/C26H21F5N4O3/c1-26(2)17-5-3-12(24(37)33-10-15-19(29)8-13(27)9-20(15)30)7-21(17)35(25(38)34-26)11-16-18(28)6-4-14(22(16)31)23(32)36/h3-9H,10-11H2,1-2H3,(H2,32,36)(H,33,37)(H,34,38). The van der Waals surface area contributed by atoms with E-state index < -0.39 is 82.3 Å². The molecule has 198 valence electrons. The number of benzene rings is 3. The molecule has 1 aliphatic heterocycles. The van der Waals surface area contributed by atoms with Crippen LogP contribution in [0.15, 0.2) is 42.5 Å². The zero-order valence-electron chi connectivity index (χ0n) is 20.1. The van der Waals surface area contributed by atoms with Crippen molar-refractivity contribution in [3.63, 3.8) is 0 Å². The lowest BCUT2D eigenvalue weighted by atomic mass is 9.89. The second kappa shape index (κ2) is 9.77. The number of carbonyl (C=O) groups is 3. The van der Waals surface area contributed by atoms with E-state index in [2.05, 4.69) is 10.6 Å². The highest BCUT2D eigenvalue weighted by atomic mass is 19.2. The highest BCUT2D eigenvalue weighted by Crippen LogP contribution is 2.37. The maximum atomic E-state index is 14.9. The van der Waals surface area contributed by atoms with Crippen molar-refractivity contribution in [2.45, 2.75) is 32.5 Å². The molecule has 0 unspecified atom stereocenters. The van der Waals surface area contributed by atoms with Crippen LogP contribution in [0, 0.1) is 29.1 Å². The Morgan fingerprint density at radius 3 is 2.24 bits per heavy atom. The third-order valence-electron chi connectivity index (χ3n) is 6.19. The van der Waals surface area contributed by atoms with Crippen molar-refractivity contribution >= 4 is 23.5 Å². The van der Waals surface area contributed by atoms with E-state index in [0.717, 1.165) is 17.0 Å². The van der Waals surface area contributed by atoms with Gasteiger partial charge in [0, 0.05) is 40.9 Å². The van der Waals surface area contributed by atoms with Crippen LogP contribution in [0.5, 0.6) is 0 Å². The maximum Gasteiger partial charge on any atom is 0.322 e. The summed E-state index contributed by atoms with van der Waals surface area (Å²) < 4.78 is 70.5. The first kappa shape index (κ1) is 26.6. The van der Waals surface area contributed by atoms with Crippen molar-refractivity contribution in [1.82, 2.24) is 10.6 Å². The first-order valence-electron chi connectivity index (χ1n) is 11.2. The van der Waals surface area contributed by atoms with Gasteiger partial charge in [0.2, 0.25) is 0 Å². The third kappa shape index (κ3) is 4.89. The minimum Gasteiger partial charge on any atom is -0.366 e. The van der Waals surface area contributed by atoms with Crippen LogP contribution in [-0.4, -0.2) is 17.8 Å². The number of amides is 4. The van der Waals surface area contributed by atoms with Gasteiger partial charge in [-0.1, -0.05) is 6.07 Å². The average molecular weight is 532 g/mol. The van der Waals surface area contributed by atoms with E-state index in [1.807, 2.05) is 0 Å². The van der Waals surface area contributed by atoms with Gasteiger partial charge in [0.15, 0.2) is 0 Å². The molecule has 4 amide bonds. The SMILES string of the molecule is CC1(C)NC(=O)N(Cc2c(F)ccc(C(N)=O)c2F)c2cc(C(=O)NCc3c(F)cc(F)cc3F)ccc21. The number of halogens is 5. The third-order valence-corrected chi connectivity index (χ3v) is 6.19. The summed E-state index contributed by atoms with van der Waals surface area (Å²) >= 11 is 0. The molecule has 0 atom stereocenters. The summed E-state index contributed by atoms with van der Waals surface area (Å²) in [5.41, 5.74) is 3.09. The molecule has 1 heterocycles. The number of hydrogen-bond donors (Lipinski definition) is 3. The van der Waals surface area contributed by atoms with Gasteiger partial charge in [-0.3, -0.25) is 14.5 Å². The van der Waals surface area contributed by atoms with Gasteiger partial charge >= 0.3 is 6.03 Å². The lowest BCUT2D eigenvalue weighted by Gasteiger charge is -2.40. The van der Waals surface area contributed by atoms with E-state index in [1.54, 1.807) is 13.8 Å². The number of urea groups is 1. The van der Waals surface area contributed by atoms with Gasteiger partial charge in [-0.2, -0.15) is 0 Å². The Morgan fingerprint density at radius 2 is 1.61 bits per heavy atom. The predicted molar refractivity (Wildman–Crippen MR) is 127 cm³/mol. The molecule has 1 aliphatic rings. The fourth-order valence-electron chi connectivity index (χ4n) is 4.20. The Morgan fingerprint density at radius 1 is 0.947 bits per heavy atom. The number of nitrogens with two attached hydrogens (primary N) is 1. The highest BCUT2D eigenvalue weighted by Gasteiger charge is 2.37. The average Bonchev–Trinajstić information content (AvgIpc) is 2.81. The second-order valence-corrected chi connectivity index (χ2v) is 9.16. The number of anilines is 1. The van der Waals surface area contributed by atoms with E-state index in [9.17, 15) is 36.3 Å². The van der Waals surface area contributed by atoms with Gasteiger partial charge in [-0.05, 0) is 38.1 Å². The molecule has 3 aromatic rings. The zero-order chi connectivity index (χ0) is 27.9. The number of hydrogen-bond acceptors (Lipinski definition) is 3. The summed E-state index contributed by atoms with van der Waals surface area (Å²) in [4.78, 5) is 38.3. The van der Waals surface area contributed by atoms with Crippen molar-refractivity contribution in [1.29, 1.82) is 0 Å². The molecular formula is C26H21F5N4O3. The van der Waals surface area contributed by atoms with E-state index in [4.69, 9.17) is 5.73 Å². The van der Waals surface area contributed by atoms with Gasteiger partial charge in [-0.25, -0.2) is 26.7 Å². The fraction of sp³-hybridized carbons (Fsp3) is 0.192. The first-order valence-corrected chi connectivity index (χ1v) is 11.2.